The van der Waals surface area contributed by atoms with Gasteiger partial charge in [0.2, 0.25) is 0 Å². The van der Waals surface area contributed by atoms with E-state index in [9.17, 15) is 13.0 Å². The standard InChI is InChI=1S/C5H10N2O3S.Na/c8-11(9,10)7-3-4-5(7)1-2-6-4;/h4-6H,1-3H2,(H,8,9,10);/q;+1/p-1. The molecule has 2 atom stereocenters. The molecule has 2 fully saturated rings. The van der Waals surface area contributed by atoms with Crippen molar-refractivity contribution in [1.29, 1.82) is 0 Å². The maximum atomic E-state index is 10.5. The van der Waals surface area contributed by atoms with E-state index in [1.165, 1.54) is 0 Å². The zero-order valence-corrected chi connectivity index (χ0v) is 9.67. The Labute approximate surface area is 93.7 Å². The third-order valence-corrected chi connectivity index (χ3v) is 3.34. The second-order valence-corrected chi connectivity index (χ2v) is 4.27. The smallest absolute Gasteiger partial charge is 0.735 e. The Morgan fingerprint density at radius 3 is 2.67 bits per heavy atom. The van der Waals surface area contributed by atoms with Crippen molar-refractivity contribution in [2.45, 2.75) is 18.5 Å². The van der Waals surface area contributed by atoms with E-state index in [0.717, 1.165) is 17.3 Å². The van der Waals surface area contributed by atoms with Gasteiger partial charge in [0.15, 0.2) is 10.3 Å². The van der Waals surface area contributed by atoms with Crippen molar-refractivity contribution < 1.29 is 42.5 Å². The van der Waals surface area contributed by atoms with Crippen molar-refractivity contribution in [1.82, 2.24) is 9.62 Å². The molecule has 0 aromatic heterocycles. The van der Waals surface area contributed by atoms with Crippen LogP contribution in [0.5, 0.6) is 0 Å². The van der Waals surface area contributed by atoms with Crippen molar-refractivity contribution in [3.05, 3.63) is 0 Å². The molecule has 0 amide bonds. The van der Waals surface area contributed by atoms with Gasteiger partial charge in [-0.05, 0) is 13.0 Å². The number of hydrogen-bond donors (Lipinski definition) is 1. The SMILES string of the molecule is O=S(=O)([O-])N1CC2NCCC21.[Na+]. The van der Waals surface area contributed by atoms with Crippen molar-refractivity contribution in [2.75, 3.05) is 13.1 Å². The Hall–Kier alpha value is 0.830. The summed E-state index contributed by atoms with van der Waals surface area (Å²) >= 11 is 0. The van der Waals surface area contributed by atoms with E-state index in [2.05, 4.69) is 5.32 Å². The van der Waals surface area contributed by atoms with Crippen LogP contribution in [-0.4, -0.2) is 42.4 Å². The minimum absolute atomic E-state index is 0. The average molecular weight is 200 g/mol. The number of hydrogen-bond acceptors (Lipinski definition) is 4. The summed E-state index contributed by atoms with van der Waals surface area (Å²) in [5.74, 6) is 0. The van der Waals surface area contributed by atoms with Gasteiger partial charge in [0.25, 0.3) is 0 Å². The van der Waals surface area contributed by atoms with Crippen molar-refractivity contribution >= 4 is 10.3 Å². The second kappa shape index (κ2) is 3.53. The summed E-state index contributed by atoms with van der Waals surface area (Å²) in [4.78, 5) is 0. The summed E-state index contributed by atoms with van der Waals surface area (Å²) in [6.07, 6.45) is 0.770. The van der Waals surface area contributed by atoms with Gasteiger partial charge >= 0.3 is 29.6 Å². The largest absolute Gasteiger partial charge is 1.00 e. The Bertz CT molecular complexity index is 268. The van der Waals surface area contributed by atoms with Crippen molar-refractivity contribution in [3.63, 3.8) is 0 Å². The van der Waals surface area contributed by atoms with Crippen molar-refractivity contribution in [3.8, 4) is 0 Å². The third kappa shape index (κ3) is 1.70. The van der Waals surface area contributed by atoms with Gasteiger partial charge in [0, 0.05) is 18.6 Å². The van der Waals surface area contributed by atoms with Crippen molar-refractivity contribution in [2.24, 2.45) is 0 Å². The van der Waals surface area contributed by atoms with Crippen LogP contribution in [-0.2, 0) is 10.3 Å². The number of nitrogens with zero attached hydrogens (tertiary/aromatic N) is 1. The zero-order valence-electron chi connectivity index (χ0n) is 6.86. The van der Waals surface area contributed by atoms with Gasteiger partial charge < -0.3 is 9.87 Å². The molecule has 64 valence electrons. The molecule has 2 aliphatic rings. The molecule has 0 bridgehead atoms. The fourth-order valence-electron chi connectivity index (χ4n) is 1.73. The molecule has 0 radical (unpaired) electrons. The number of rotatable bonds is 1. The molecule has 1 N–H and O–H groups in total. The van der Waals surface area contributed by atoms with Crippen LogP contribution in [0, 0.1) is 0 Å². The van der Waals surface area contributed by atoms with Crippen LogP contribution in [0.25, 0.3) is 0 Å². The van der Waals surface area contributed by atoms with Crippen LogP contribution in [0.2, 0.25) is 0 Å². The molecule has 0 aromatic carbocycles. The van der Waals surface area contributed by atoms with E-state index in [1.807, 2.05) is 0 Å². The summed E-state index contributed by atoms with van der Waals surface area (Å²) in [6, 6.07) is 0.177. The Morgan fingerprint density at radius 2 is 2.17 bits per heavy atom. The number of nitrogens with one attached hydrogen (secondary N) is 1. The molecule has 0 spiro atoms. The fourth-order valence-corrected chi connectivity index (χ4v) is 2.66. The first-order chi connectivity index (χ1) is 5.09. The minimum atomic E-state index is -4.18. The fraction of sp³-hybridized carbons (Fsp3) is 1.00. The van der Waals surface area contributed by atoms with Crippen LogP contribution >= 0.6 is 0 Å². The molecule has 2 heterocycles. The molecule has 2 unspecified atom stereocenters. The summed E-state index contributed by atoms with van der Waals surface area (Å²) in [6.45, 7) is 1.18. The molecular formula is C5H9N2NaO3S. The van der Waals surface area contributed by atoms with Crippen LogP contribution in [0.1, 0.15) is 6.42 Å². The summed E-state index contributed by atoms with van der Waals surface area (Å²) in [7, 11) is -4.18. The maximum Gasteiger partial charge on any atom is 1.00 e. The van der Waals surface area contributed by atoms with Crippen LogP contribution in [0.4, 0.5) is 0 Å². The van der Waals surface area contributed by atoms with Gasteiger partial charge in [0.05, 0.1) is 0 Å². The molecule has 7 heteroatoms. The molecule has 5 nitrogen and oxygen atoms in total. The monoisotopic (exact) mass is 200 g/mol. The summed E-state index contributed by atoms with van der Waals surface area (Å²) in [5.41, 5.74) is 0. The molecule has 2 rings (SSSR count). The van der Waals surface area contributed by atoms with Gasteiger partial charge in [-0.3, -0.25) is 0 Å². The van der Waals surface area contributed by atoms with E-state index in [1.54, 1.807) is 0 Å². The normalized spacial score (nSPS) is 35.1. The summed E-state index contributed by atoms with van der Waals surface area (Å²) < 4.78 is 32.5. The predicted octanol–water partition coefficient (Wildman–Crippen LogP) is -4.50. The average Bonchev–Trinajstić information content (AvgIpc) is 2.08. The Morgan fingerprint density at radius 1 is 1.50 bits per heavy atom. The molecule has 0 aliphatic carbocycles. The van der Waals surface area contributed by atoms with E-state index in [4.69, 9.17) is 0 Å². The van der Waals surface area contributed by atoms with Gasteiger partial charge in [-0.25, -0.2) is 12.7 Å². The summed E-state index contributed by atoms with van der Waals surface area (Å²) in [5, 5.41) is 3.11. The van der Waals surface area contributed by atoms with Crippen LogP contribution in [0.15, 0.2) is 0 Å². The van der Waals surface area contributed by atoms with Gasteiger partial charge in [0.1, 0.15) is 0 Å². The van der Waals surface area contributed by atoms with E-state index < -0.39 is 10.3 Å². The topological polar surface area (TPSA) is 72.5 Å². The first-order valence-corrected chi connectivity index (χ1v) is 4.91. The Balaban J connectivity index is 0.000000720. The molecule has 0 aromatic rings. The van der Waals surface area contributed by atoms with Gasteiger partial charge in [-0.2, -0.15) is 0 Å². The van der Waals surface area contributed by atoms with Crippen LogP contribution < -0.4 is 34.9 Å². The number of fused-ring (bicyclic) bond motifs is 1. The quantitative estimate of drug-likeness (QED) is 0.342. The first-order valence-electron chi connectivity index (χ1n) is 3.55. The van der Waals surface area contributed by atoms with Gasteiger partial charge in [-0.1, -0.05) is 0 Å². The second-order valence-electron chi connectivity index (χ2n) is 2.94. The zero-order chi connectivity index (χ0) is 8.06. The molecule has 12 heavy (non-hydrogen) atoms. The van der Waals surface area contributed by atoms with Crippen LogP contribution in [0.3, 0.4) is 0 Å². The van der Waals surface area contributed by atoms with E-state index in [-0.39, 0.29) is 41.6 Å². The maximum absolute atomic E-state index is 10.5. The first kappa shape index (κ1) is 10.9. The molecule has 2 saturated heterocycles. The minimum Gasteiger partial charge on any atom is -0.735 e. The third-order valence-electron chi connectivity index (χ3n) is 2.34. The predicted molar refractivity (Wildman–Crippen MR) is 36.6 cm³/mol. The van der Waals surface area contributed by atoms with Gasteiger partial charge in [-0.15, -0.1) is 0 Å². The molecule has 2 aliphatic heterocycles. The van der Waals surface area contributed by atoms with E-state index in [0.29, 0.717) is 6.54 Å². The molecular weight excluding hydrogens is 191 g/mol. The Kier molecular flexibility index (Phi) is 3.21. The van der Waals surface area contributed by atoms with E-state index >= 15 is 0 Å². The molecule has 0 saturated carbocycles.